The number of hydrogen-bond acceptors (Lipinski definition) is 3. The molecule has 0 amide bonds. The fraction of sp³-hybridized carbons (Fsp3) is 0.812. The molecule has 23 heavy (non-hydrogen) atoms. The summed E-state index contributed by atoms with van der Waals surface area (Å²) >= 11 is 0. The van der Waals surface area contributed by atoms with Crippen molar-refractivity contribution in [3.63, 3.8) is 0 Å². The van der Waals surface area contributed by atoms with Gasteiger partial charge in [0.25, 0.3) is 0 Å². The molecule has 0 bridgehead atoms. The maximum absolute atomic E-state index is 4.33. The molecule has 6 nitrogen and oxygen atoms in total. The minimum Gasteiger partial charge on any atom is -0.354 e. The van der Waals surface area contributed by atoms with Crippen LogP contribution in [0, 0.1) is 12.8 Å². The average molecular weight is 434 g/mol. The highest BCUT2D eigenvalue weighted by Gasteiger charge is 2.21. The van der Waals surface area contributed by atoms with E-state index in [0.29, 0.717) is 12.6 Å². The summed E-state index contributed by atoms with van der Waals surface area (Å²) in [7, 11) is 3.80. The first-order valence-corrected chi connectivity index (χ1v) is 8.46. The minimum atomic E-state index is 0. The van der Waals surface area contributed by atoms with Crippen molar-refractivity contribution in [2.24, 2.45) is 18.0 Å². The molecule has 1 aliphatic carbocycles. The minimum absolute atomic E-state index is 0. The Morgan fingerprint density at radius 3 is 2.48 bits per heavy atom. The predicted molar refractivity (Wildman–Crippen MR) is 105 cm³/mol. The van der Waals surface area contributed by atoms with E-state index in [2.05, 4.69) is 32.7 Å². The van der Waals surface area contributed by atoms with Gasteiger partial charge in [0.15, 0.2) is 11.8 Å². The standard InChI is InChI=1S/C16H30N6.HI/c1-5-6-13-7-9-14(10-8-13)19-16(17-3)18-11-15-21-20-12(2)22(15)4;/h13-14H,5-11H2,1-4H3,(H2,17,18,19);1H. The van der Waals surface area contributed by atoms with E-state index in [1.165, 1.54) is 38.5 Å². The highest BCUT2D eigenvalue weighted by molar-refractivity contribution is 14.0. The Bertz CT molecular complexity index is 491. The lowest BCUT2D eigenvalue weighted by Gasteiger charge is -2.30. The van der Waals surface area contributed by atoms with E-state index >= 15 is 0 Å². The van der Waals surface area contributed by atoms with E-state index in [1.54, 1.807) is 0 Å². The Morgan fingerprint density at radius 2 is 1.96 bits per heavy atom. The Kier molecular flexibility index (Phi) is 8.86. The van der Waals surface area contributed by atoms with Crippen LogP contribution in [-0.2, 0) is 13.6 Å². The Balaban J connectivity index is 0.00000264. The zero-order chi connectivity index (χ0) is 15.9. The molecule has 1 heterocycles. The molecular weight excluding hydrogens is 403 g/mol. The predicted octanol–water partition coefficient (Wildman–Crippen LogP) is 2.77. The molecule has 2 rings (SSSR count). The summed E-state index contributed by atoms with van der Waals surface area (Å²) in [5, 5.41) is 15.1. The van der Waals surface area contributed by atoms with Gasteiger partial charge in [-0.25, -0.2) is 0 Å². The SMILES string of the molecule is CCCC1CCC(NC(=NC)NCc2nnc(C)n2C)CC1.I. The molecule has 2 N–H and O–H groups in total. The van der Waals surface area contributed by atoms with Crippen LogP contribution in [0.5, 0.6) is 0 Å². The molecule has 0 spiro atoms. The van der Waals surface area contributed by atoms with Crippen LogP contribution in [0.4, 0.5) is 0 Å². The first-order chi connectivity index (χ1) is 10.6. The van der Waals surface area contributed by atoms with Crippen molar-refractivity contribution in [2.75, 3.05) is 7.05 Å². The smallest absolute Gasteiger partial charge is 0.191 e. The lowest BCUT2D eigenvalue weighted by Crippen LogP contribution is -2.44. The molecule has 1 aromatic heterocycles. The lowest BCUT2D eigenvalue weighted by atomic mass is 9.83. The van der Waals surface area contributed by atoms with Gasteiger partial charge in [-0.2, -0.15) is 0 Å². The van der Waals surface area contributed by atoms with Crippen molar-refractivity contribution in [1.29, 1.82) is 0 Å². The largest absolute Gasteiger partial charge is 0.354 e. The third-order valence-corrected chi connectivity index (χ3v) is 4.70. The summed E-state index contributed by atoms with van der Waals surface area (Å²) < 4.78 is 2.00. The van der Waals surface area contributed by atoms with Crippen LogP contribution in [-0.4, -0.2) is 33.8 Å². The van der Waals surface area contributed by atoms with E-state index in [4.69, 9.17) is 0 Å². The number of nitrogens with zero attached hydrogens (tertiary/aromatic N) is 4. The number of aliphatic imine (C=N–C) groups is 1. The van der Waals surface area contributed by atoms with Gasteiger partial charge in [0.05, 0.1) is 6.54 Å². The Hall–Kier alpha value is -0.860. The number of halogens is 1. The normalized spacial score (nSPS) is 21.7. The summed E-state index contributed by atoms with van der Waals surface area (Å²) in [5.74, 6) is 3.64. The van der Waals surface area contributed by atoms with Gasteiger partial charge in [0.1, 0.15) is 5.82 Å². The van der Waals surface area contributed by atoms with Gasteiger partial charge in [0, 0.05) is 20.1 Å². The molecule has 132 valence electrons. The summed E-state index contributed by atoms with van der Waals surface area (Å²) in [5.41, 5.74) is 0. The molecule has 7 heteroatoms. The van der Waals surface area contributed by atoms with Crippen LogP contribution in [0.3, 0.4) is 0 Å². The van der Waals surface area contributed by atoms with Crippen molar-refractivity contribution in [2.45, 2.75) is 65.0 Å². The number of hydrogen-bond donors (Lipinski definition) is 2. The van der Waals surface area contributed by atoms with Crippen molar-refractivity contribution in [3.05, 3.63) is 11.6 Å². The molecule has 0 unspecified atom stereocenters. The molecular formula is C16H31IN6. The third kappa shape index (κ3) is 5.93. The molecule has 1 aliphatic rings. The van der Waals surface area contributed by atoms with E-state index in [1.807, 2.05) is 25.6 Å². The average Bonchev–Trinajstić information content (AvgIpc) is 2.85. The van der Waals surface area contributed by atoms with Crippen LogP contribution < -0.4 is 10.6 Å². The highest BCUT2D eigenvalue weighted by Crippen LogP contribution is 2.27. The molecule has 1 saturated carbocycles. The second-order valence-corrected chi connectivity index (χ2v) is 6.30. The Morgan fingerprint density at radius 1 is 1.26 bits per heavy atom. The van der Waals surface area contributed by atoms with Gasteiger partial charge in [-0.05, 0) is 38.5 Å². The zero-order valence-electron chi connectivity index (χ0n) is 14.8. The summed E-state index contributed by atoms with van der Waals surface area (Å²) in [6.07, 6.45) is 7.85. The van der Waals surface area contributed by atoms with Gasteiger partial charge in [-0.3, -0.25) is 4.99 Å². The number of guanidine groups is 1. The second kappa shape index (κ2) is 10.1. The first kappa shape index (κ1) is 20.2. The number of nitrogens with one attached hydrogen (secondary N) is 2. The van der Waals surface area contributed by atoms with Crippen LogP contribution in [0.25, 0.3) is 0 Å². The van der Waals surface area contributed by atoms with Crippen molar-refractivity contribution >= 4 is 29.9 Å². The summed E-state index contributed by atoms with van der Waals surface area (Å²) in [6.45, 7) is 4.88. The second-order valence-electron chi connectivity index (χ2n) is 6.30. The fourth-order valence-electron chi connectivity index (χ4n) is 3.16. The van der Waals surface area contributed by atoms with Gasteiger partial charge in [0.2, 0.25) is 0 Å². The number of rotatable bonds is 5. The third-order valence-electron chi connectivity index (χ3n) is 4.70. The van der Waals surface area contributed by atoms with Crippen LogP contribution in [0.2, 0.25) is 0 Å². The number of aryl methyl sites for hydroxylation is 1. The monoisotopic (exact) mass is 434 g/mol. The fourth-order valence-corrected chi connectivity index (χ4v) is 3.16. The van der Waals surface area contributed by atoms with E-state index in [0.717, 1.165) is 23.5 Å². The van der Waals surface area contributed by atoms with Crippen molar-refractivity contribution in [3.8, 4) is 0 Å². The maximum Gasteiger partial charge on any atom is 0.191 e. The molecule has 0 atom stereocenters. The molecule has 1 aromatic rings. The van der Waals surface area contributed by atoms with Crippen LogP contribution >= 0.6 is 24.0 Å². The first-order valence-electron chi connectivity index (χ1n) is 8.46. The van der Waals surface area contributed by atoms with Gasteiger partial charge < -0.3 is 15.2 Å². The topological polar surface area (TPSA) is 67.1 Å². The molecule has 0 aliphatic heterocycles. The zero-order valence-corrected chi connectivity index (χ0v) is 17.1. The summed E-state index contributed by atoms with van der Waals surface area (Å²) in [6, 6.07) is 0.542. The molecule has 0 aromatic carbocycles. The summed E-state index contributed by atoms with van der Waals surface area (Å²) in [4.78, 5) is 4.33. The highest BCUT2D eigenvalue weighted by atomic mass is 127. The van der Waals surface area contributed by atoms with E-state index < -0.39 is 0 Å². The van der Waals surface area contributed by atoms with Gasteiger partial charge >= 0.3 is 0 Å². The maximum atomic E-state index is 4.33. The van der Waals surface area contributed by atoms with Crippen LogP contribution in [0.15, 0.2) is 4.99 Å². The van der Waals surface area contributed by atoms with Gasteiger partial charge in [-0.1, -0.05) is 19.8 Å². The van der Waals surface area contributed by atoms with Crippen molar-refractivity contribution < 1.29 is 0 Å². The lowest BCUT2D eigenvalue weighted by molar-refractivity contribution is 0.295. The van der Waals surface area contributed by atoms with E-state index in [-0.39, 0.29) is 24.0 Å². The van der Waals surface area contributed by atoms with E-state index in [9.17, 15) is 0 Å². The van der Waals surface area contributed by atoms with Crippen molar-refractivity contribution in [1.82, 2.24) is 25.4 Å². The molecule has 0 radical (unpaired) electrons. The number of aromatic nitrogens is 3. The quantitative estimate of drug-likeness (QED) is 0.425. The Labute approximate surface area is 157 Å². The van der Waals surface area contributed by atoms with Crippen LogP contribution in [0.1, 0.15) is 57.1 Å². The molecule has 0 saturated heterocycles. The van der Waals surface area contributed by atoms with Gasteiger partial charge in [-0.15, -0.1) is 34.2 Å². The molecule has 1 fully saturated rings.